The first-order valence-electron chi connectivity index (χ1n) is 12.6. The average molecular weight is 423 g/mol. The van der Waals surface area contributed by atoms with Gasteiger partial charge in [0.1, 0.15) is 0 Å². The summed E-state index contributed by atoms with van der Waals surface area (Å²) in [4.78, 5) is 3.60. The van der Waals surface area contributed by atoms with E-state index in [1.807, 2.05) is 0 Å². The van der Waals surface area contributed by atoms with Crippen molar-refractivity contribution in [2.75, 3.05) is 0 Å². The SMILES string of the molecule is CC1=CCC2C(C1)CC(C)(C)[C@@H]1[C@@H](c3c[nH]c4ccccc34)C3=C(C4C=CC=CC4N3)[C@H]21. The van der Waals surface area contributed by atoms with E-state index >= 15 is 0 Å². The molecule has 164 valence electrons. The van der Waals surface area contributed by atoms with Crippen molar-refractivity contribution in [2.45, 2.75) is 52.0 Å². The first-order valence-corrected chi connectivity index (χ1v) is 12.6. The quantitative estimate of drug-likeness (QED) is 0.482. The Kier molecular flexibility index (Phi) is 3.88. The third-order valence-electron chi connectivity index (χ3n) is 9.58. The van der Waals surface area contributed by atoms with E-state index in [0.29, 0.717) is 35.1 Å². The molecule has 0 saturated heterocycles. The molecule has 2 N–H and O–H groups in total. The van der Waals surface area contributed by atoms with Crippen molar-refractivity contribution in [1.82, 2.24) is 10.3 Å². The summed E-state index contributed by atoms with van der Waals surface area (Å²) in [5, 5.41) is 5.48. The number of aromatic nitrogens is 1. The topological polar surface area (TPSA) is 27.8 Å². The Hall–Kier alpha value is -2.48. The lowest BCUT2D eigenvalue weighted by atomic mass is 9.50. The molecule has 2 nitrogen and oxygen atoms in total. The van der Waals surface area contributed by atoms with Crippen molar-refractivity contribution < 1.29 is 0 Å². The van der Waals surface area contributed by atoms with Gasteiger partial charge in [-0.05, 0) is 72.5 Å². The Bertz CT molecular complexity index is 1220. The Labute approximate surface area is 191 Å². The molecule has 7 rings (SSSR count). The molecule has 5 aliphatic rings. The van der Waals surface area contributed by atoms with Crippen LogP contribution in [0.1, 0.15) is 51.5 Å². The molecule has 1 saturated carbocycles. The van der Waals surface area contributed by atoms with E-state index in [9.17, 15) is 0 Å². The highest BCUT2D eigenvalue weighted by molar-refractivity contribution is 5.84. The molecule has 0 bridgehead atoms. The van der Waals surface area contributed by atoms with Crippen LogP contribution in [0, 0.1) is 35.0 Å². The molecule has 7 atom stereocenters. The van der Waals surface area contributed by atoms with Crippen LogP contribution in [0.3, 0.4) is 0 Å². The van der Waals surface area contributed by atoms with Crippen molar-refractivity contribution in [1.29, 1.82) is 0 Å². The third kappa shape index (κ3) is 2.47. The average Bonchev–Trinajstić information content (AvgIpc) is 3.44. The monoisotopic (exact) mass is 422 g/mol. The molecule has 2 aromatic rings. The van der Waals surface area contributed by atoms with Crippen molar-refractivity contribution in [2.24, 2.45) is 35.0 Å². The lowest BCUT2D eigenvalue weighted by Crippen LogP contribution is -2.48. The van der Waals surface area contributed by atoms with E-state index < -0.39 is 0 Å². The van der Waals surface area contributed by atoms with Crippen molar-refractivity contribution in [3.63, 3.8) is 0 Å². The van der Waals surface area contributed by atoms with E-state index in [1.54, 1.807) is 16.8 Å². The van der Waals surface area contributed by atoms with E-state index in [1.165, 1.54) is 35.7 Å². The van der Waals surface area contributed by atoms with Crippen molar-refractivity contribution in [3.05, 3.63) is 83.2 Å². The molecular formula is C30H34N2. The van der Waals surface area contributed by atoms with Gasteiger partial charge in [-0.1, -0.05) is 68.0 Å². The minimum absolute atomic E-state index is 0.322. The van der Waals surface area contributed by atoms with Crippen LogP contribution >= 0.6 is 0 Å². The number of hydrogen-bond donors (Lipinski definition) is 2. The van der Waals surface area contributed by atoms with Crippen molar-refractivity contribution in [3.8, 4) is 0 Å². The van der Waals surface area contributed by atoms with Crippen molar-refractivity contribution >= 4 is 10.9 Å². The summed E-state index contributed by atoms with van der Waals surface area (Å²) in [5.74, 6) is 3.94. The van der Waals surface area contributed by atoms with Gasteiger partial charge in [0.25, 0.3) is 0 Å². The highest BCUT2D eigenvalue weighted by atomic mass is 15.0. The fourth-order valence-corrected chi connectivity index (χ4v) is 8.52. The molecule has 0 amide bonds. The van der Waals surface area contributed by atoms with Gasteiger partial charge < -0.3 is 10.3 Å². The minimum Gasteiger partial charge on any atom is -0.381 e. The summed E-state index contributed by atoms with van der Waals surface area (Å²) in [6.45, 7) is 7.50. The van der Waals surface area contributed by atoms with Gasteiger partial charge in [0.2, 0.25) is 0 Å². The second-order valence-electron chi connectivity index (χ2n) is 11.8. The molecule has 2 heteroatoms. The van der Waals surface area contributed by atoms with Crippen LogP contribution in [-0.4, -0.2) is 11.0 Å². The van der Waals surface area contributed by atoms with Gasteiger partial charge in [-0.2, -0.15) is 0 Å². The van der Waals surface area contributed by atoms with Gasteiger partial charge in [0.05, 0.1) is 6.04 Å². The molecule has 4 aliphatic carbocycles. The van der Waals surface area contributed by atoms with Crippen LogP contribution in [0.2, 0.25) is 0 Å². The highest BCUT2D eigenvalue weighted by Gasteiger charge is 2.60. The molecule has 0 spiro atoms. The van der Waals surface area contributed by atoms with Gasteiger partial charge in [0, 0.05) is 34.6 Å². The van der Waals surface area contributed by atoms with Crippen LogP contribution in [0.4, 0.5) is 0 Å². The van der Waals surface area contributed by atoms with E-state index in [4.69, 9.17) is 0 Å². The molecule has 32 heavy (non-hydrogen) atoms. The molecule has 1 aromatic heterocycles. The predicted octanol–water partition coefficient (Wildman–Crippen LogP) is 6.87. The molecular weight excluding hydrogens is 388 g/mol. The smallest absolute Gasteiger partial charge is 0.0545 e. The molecule has 0 radical (unpaired) electrons. The molecule has 1 aliphatic heterocycles. The number of para-hydroxylation sites is 1. The summed E-state index contributed by atoms with van der Waals surface area (Å²) in [7, 11) is 0. The van der Waals surface area contributed by atoms with E-state index in [2.05, 4.69) is 91.9 Å². The van der Waals surface area contributed by atoms with Gasteiger partial charge in [-0.15, -0.1) is 0 Å². The maximum absolute atomic E-state index is 4.07. The second-order valence-corrected chi connectivity index (χ2v) is 11.8. The Morgan fingerprint density at radius 2 is 1.91 bits per heavy atom. The Morgan fingerprint density at radius 3 is 2.81 bits per heavy atom. The minimum atomic E-state index is 0.322. The summed E-state index contributed by atoms with van der Waals surface area (Å²) in [6.07, 6.45) is 18.2. The van der Waals surface area contributed by atoms with E-state index in [-0.39, 0.29) is 0 Å². The largest absolute Gasteiger partial charge is 0.381 e. The number of nitrogens with one attached hydrogen (secondary N) is 2. The fourth-order valence-electron chi connectivity index (χ4n) is 8.52. The predicted molar refractivity (Wildman–Crippen MR) is 132 cm³/mol. The first kappa shape index (κ1) is 19.0. The molecule has 4 unspecified atom stereocenters. The Balaban J connectivity index is 1.44. The summed E-state index contributed by atoms with van der Waals surface area (Å²) in [5.41, 5.74) is 8.04. The van der Waals surface area contributed by atoms with Gasteiger partial charge in [-0.25, -0.2) is 0 Å². The zero-order valence-corrected chi connectivity index (χ0v) is 19.4. The fraction of sp³-hybridized carbons (Fsp3) is 0.467. The number of allylic oxidation sites excluding steroid dienone is 5. The zero-order chi connectivity index (χ0) is 21.6. The van der Waals surface area contributed by atoms with Gasteiger partial charge in [0.15, 0.2) is 0 Å². The molecule has 1 aromatic carbocycles. The van der Waals surface area contributed by atoms with Gasteiger partial charge >= 0.3 is 0 Å². The number of hydrogen-bond acceptors (Lipinski definition) is 1. The Morgan fingerprint density at radius 1 is 1.06 bits per heavy atom. The maximum atomic E-state index is 4.07. The lowest BCUT2D eigenvalue weighted by Gasteiger charge is -2.54. The molecule has 1 fully saturated rings. The van der Waals surface area contributed by atoms with Crippen LogP contribution in [0.5, 0.6) is 0 Å². The van der Waals surface area contributed by atoms with E-state index in [0.717, 1.165) is 11.8 Å². The second kappa shape index (κ2) is 6.53. The first-order chi connectivity index (χ1) is 15.5. The third-order valence-corrected chi connectivity index (χ3v) is 9.58. The van der Waals surface area contributed by atoms with Gasteiger partial charge in [-0.3, -0.25) is 0 Å². The normalized spacial score (nSPS) is 38.7. The number of fused-ring (bicyclic) bond motifs is 7. The molecule has 2 heterocycles. The summed E-state index contributed by atoms with van der Waals surface area (Å²) < 4.78 is 0. The maximum Gasteiger partial charge on any atom is 0.0545 e. The number of benzene rings is 1. The summed E-state index contributed by atoms with van der Waals surface area (Å²) >= 11 is 0. The zero-order valence-electron chi connectivity index (χ0n) is 19.4. The van der Waals surface area contributed by atoms with Crippen LogP contribution in [0.15, 0.2) is 77.7 Å². The number of aromatic amines is 1. The van der Waals surface area contributed by atoms with Crippen LogP contribution in [-0.2, 0) is 0 Å². The number of H-pyrrole nitrogens is 1. The number of rotatable bonds is 1. The lowest BCUT2D eigenvalue weighted by molar-refractivity contribution is -0.00421. The standard InChI is InChI=1S/C30H34N2/c1-17-12-13-19-18(14-17)15-30(2,3)28-25(19)26-21-9-5-7-11-24(21)32-29(26)27(28)22-16-31-23-10-6-4-8-20(22)23/h4-12,16,18-19,21,24-25,27-28,31-32H,13-15H2,1-3H3/t18?,19?,21?,24?,25-,27+,28-/m0/s1. The van der Waals surface area contributed by atoms with Crippen LogP contribution < -0.4 is 5.32 Å². The van der Waals surface area contributed by atoms with Crippen LogP contribution in [0.25, 0.3) is 10.9 Å². The highest BCUT2D eigenvalue weighted by Crippen LogP contribution is 2.67. The summed E-state index contributed by atoms with van der Waals surface area (Å²) in [6, 6.07) is 9.33.